The van der Waals surface area contributed by atoms with Gasteiger partial charge in [0.15, 0.2) is 0 Å². The number of rotatable bonds is 7. The lowest BCUT2D eigenvalue weighted by molar-refractivity contribution is -0.127. The van der Waals surface area contributed by atoms with Crippen LogP contribution in [0.15, 0.2) is 24.5 Å². The van der Waals surface area contributed by atoms with Gasteiger partial charge in [-0.1, -0.05) is 6.07 Å². The third-order valence-electron chi connectivity index (χ3n) is 5.83. The average Bonchev–Trinajstić information content (AvgIpc) is 2.73. The molecule has 1 aromatic heterocycles. The Morgan fingerprint density at radius 1 is 1.18 bits per heavy atom. The maximum atomic E-state index is 12.6. The molecular formula is C21H33N5O2. The lowest BCUT2D eigenvalue weighted by atomic mass is 9.93. The van der Waals surface area contributed by atoms with Gasteiger partial charge in [0, 0.05) is 51.2 Å². The van der Waals surface area contributed by atoms with Crippen LogP contribution in [0.2, 0.25) is 0 Å². The lowest BCUT2D eigenvalue weighted by Gasteiger charge is -2.41. The minimum atomic E-state index is 0.0683. The number of hydrogen-bond acceptors (Lipinski definition) is 5. The van der Waals surface area contributed by atoms with E-state index in [1.807, 2.05) is 19.1 Å². The second kappa shape index (κ2) is 10.5. The standard InChI is InChI=1S/C21H33N5O2/c1-2-23-20(27)16-25-11-7-19(8-12-25)26-10-4-6-18(15-26)21(28)24-14-17-5-3-9-22-13-17/h3,5,9,13,18-19H,2,4,6-8,10-12,14-16H2,1H3,(H,23,27)(H,24,28). The van der Waals surface area contributed by atoms with Gasteiger partial charge in [-0.05, 0) is 50.8 Å². The molecule has 3 heterocycles. The summed E-state index contributed by atoms with van der Waals surface area (Å²) in [6.45, 7) is 7.51. The number of hydrogen-bond donors (Lipinski definition) is 2. The van der Waals surface area contributed by atoms with Gasteiger partial charge in [-0.2, -0.15) is 0 Å². The minimum Gasteiger partial charge on any atom is -0.355 e. The summed E-state index contributed by atoms with van der Waals surface area (Å²) in [5.41, 5.74) is 1.03. The number of carbonyl (C=O) groups excluding carboxylic acids is 2. The van der Waals surface area contributed by atoms with E-state index in [-0.39, 0.29) is 17.7 Å². The van der Waals surface area contributed by atoms with Crippen LogP contribution in [0.5, 0.6) is 0 Å². The maximum absolute atomic E-state index is 12.6. The molecule has 0 bridgehead atoms. The third kappa shape index (κ3) is 6.01. The van der Waals surface area contributed by atoms with E-state index in [1.54, 1.807) is 12.4 Å². The molecule has 154 valence electrons. The largest absolute Gasteiger partial charge is 0.355 e. The molecule has 2 N–H and O–H groups in total. The Hall–Kier alpha value is -1.99. The van der Waals surface area contributed by atoms with Gasteiger partial charge in [0.25, 0.3) is 0 Å². The van der Waals surface area contributed by atoms with Crippen molar-refractivity contribution in [2.75, 3.05) is 39.3 Å². The van der Waals surface area contributed by atoms with Crippen LogP contribution in [0.25, 0.3) is 0 Å². The van der Waals surface area contributed by atoms with E-state index >= 15 is 0 Å². The zero-order valence-electron chi connectivity index (χ0n) is 16.9. The molecule has 1 aromatic rings. The van der Waals surface area contributed by atoms with Crippen LogP contribution in [-0.4, -0.2) is 71.9 Å². The Balaban J connectivity index is 1.42. The molecule has 0 saturated carbocycles. The van der Waals surface area contributed by atoms with Crippen molar-refractivity contribution in [2.24, 2.45) is 5.92 Å². The fourth-order valence-corrected chi connectivity index (χ4v) is 4.29. The van der Waals surface area contributed by atoms with E-state index < -0.39 is 0 Å². The zero-order chi connectivity index (χ0) is 19.8. The second-order valence-corrected chi connectivity index (χ2v) is 7.87. The fraction of sp³-hybridized carbons (Fsp3) is 0.667. The van der Waals surface area contributed by atoms with Gasteiger partial charge in [0.05, 0.1) is 12.5 Å². The van der Waals surface area contributed by atoms with Crippen molar-refractivity contribution in [3.63, 3.8) is 0 Å². The fourth-order valence-electron chi connectivity index (χ4n) is 4.29. The van der Waals surface area contributed by atoms with Gasteiger partial charge in [-0.25, -0.2) is 0 Å². The molecular weight excluding hydrogens is 354 g/mol. The Morgan fingerprint density at radius 3 is 2.71 bits per heavy atom. The highest BCUT2D eigenvalue weighted by Crippen LogP contribution is 2.24. The van der Waals surface area contributed by atoms with E-state index in [0.717, 1.165) is 57.4 Å². The van der Waals surface area contributed by atoms with Crippen molar-refractivity contribution in [1.29, 1.82) is 0 Å². The quantitative estimate of drug-likeness (QED) is 0.730. The monoisotopic (exact) mass is 387 g/mol. The van der Waals surface area contributed by atoms with Gasteiger partial charge < -0.3 is 10.6 Å². The minimum absolute atomic E-state index is 0.0683. The van der Waals surface area contributed by atoms with Gasteiger partial charge in [-0.3, -0.25) is 24.4 Å². The van der Waals surface area contributed by atoms with Crippen LogP contribution in [0, 0.1) is 5.92 Å². The van der Waals surface area contributed by atoms with E-state index in [0.29, 0.717) is 25.7 Å². The second-order valence-electron chi connectivity index (χ2n) is 7.87. The Bertz CT molecular complexity index is 631. The van der Waals surface area contributed by atoms with Crippen molar-refractivity contribution in [1.82, 2.24) is 25.4 Å². The lowest BCUT2D eigenvalue weighted by Crippen LogP contribution is -2.51. The molecule has 1 atom stereocenters. The van der Waals surface area contributed by atoms with Crippen LogP contribution in [0.1, 0.15) is 38.2 Å². The first-order valence-electron chi connectivity index (χ1n) is 10.6. The van der Waals surface area contributed by atoms with Crippen LogP contribution in [0.4, 0.5) is 0 Å². The summed E-state index contributed by atoms with van der Waals surface area (Å²) in [4.78, 5) is 33.2. The summed E-state index contributed by atoms with van der Waals surface area (Å²) in [6.07, 6.45) is 7.72. The highest BCUT2D eigenvalue weighted by Gasteiger charge is 2.31. The molecule has 0 aromatic carbocycles. The number of carbonyl (C=O) groups is 2. The number of aromatic nitrogens is 1. The van der Waals surface area contributed by atoms with E-state index in [1.165, 1.54) is 0 Å². The van der Waals surface area contributed by atoms with Gasteiger partial charge >= 0.3 is 0 Å². The smallest absolute Gasteiger partial charge is 0.234 e. The molecule has 2 fully saturated rings. The predicted molar refractivity (Wildman–Crippen MR) is 109 cm³/mol. The Morgan fingerprint density at radius 2 is 2.00 bits per heavy atom. The first-order valence-corrected chi connectivity index (χ1v) is 10.6. The van der Waals surface area contributed by atoms with Gasteiger partial charge in [0.2, 0.25) is 11.8 Å². The molecule has 7 nitrogen and oxygen atoms in total. The third-order valence-corrected chi connectivity index (χ3v) is 5.83. The normalized spacial score (nSPS) is 22.0. The highest BCUT2D eigenvalue weighted by molar-refractivity contribution is 5.79. The van der Waals surface area contributed by atoms with Crippen molar-refractivity contribution in [2.45, 2.75) is 45.2 Å². The SMILES string of the molecule is CCNC(=O)CN1CCC(N2CCCC(C(=O)NCc3cccnc3)C2)CC1. The summed E-state index contributed by atoms with van der Waals surface area (Å²) in [5, 5.41) is 5.94. The number of nitrogens with one attached hydrogen (secondary N) is 2. The number of pyridine rings is 1. The number of piperidine rings is 2. The summed E-state index contributed by atoms with van der Waals surface area (Å²) < 4.78 is 0. The highest BCUT2D eigenvalue weighted by atomic mass is 16.2. The van der Waals surface area contributed by atoms with Crippen LogP contribution >= 0.6 is 0 Å². The Labute approximate surface area is 167 Å². The molecule has 2 aliphatic rings. The molecule has 2 saturated heterocycles. The van der Waals surface area contributed by atoms with Gasteiger partial charge in [-0.15, -0.1) is 0 Å². The predicted octanol–water partition coefficient (Wildman–Crippen LogP) is 1.01. The summed E-state index contributed by atoms with van der Waals surface area (Å²) in [7, 11) is 0. The van der Waals surface area contributed by atoms with Crippen molar-refractivity contribution in [3.05, 3.63) is 30.1 Å². The van der Waals surface area contributed by atoms with Crippen molar-refractivity contribution < 1.29 is 9.59 Å². The molecule has 1 unspecified atom stereocenters. The zero-order valence-corrected chi connectivity index (χ0v) is 16.9. The maximum Gasteiger partial charge on any atom is 0.234 e. The molecule has 2 amide bonds. The average molecular weight is 388 g/mol. The van der Waals surface area contributed by atoms with Crippen molar-refractivity contribution in [3.8, 4) is 0 Å². The Kier molecular flexibility index (Phi) is 7.80. The van der Waals surface area contributed by atoms with E-state index in [9.17, 15) is 9.59 Å². The van der Waals surface area contributed by atoms with E-state index in [4.69, 9.17) is 0 Å². The summed E-state index contributed by atoms with van der Waals surface area (Å²) in [6, 6.07) is 4.40. The number of likely N-dealkylation sites (N-methyl/N-ethyl adjacent to an activating group) is 1. The molecule has 28 heavy (non-hydrogen) atoms. The first-order chi connectivity index (χ1) is 13.7. The number of nitrogens with zero attached hydrogens (tertiary/aromatic N) is 3. The topological polar surface area (TPSA) is 77.6 Å². The molecule has 3 rings (SSSR count). The van der Waals surface area contributed by atoms with Crippen molar-refractivity contribution >= 4 is 11.8 Å². The number of amides is 2. The van der Waals surface area contributed by atoms with Crippen LogP contribution < -0.4 is 10.6 Å². The first kappa shape index (κ1) is 20.7. The van der Waals surface area contributed by atoms with Crippen LogP contribution in [-0.2, 0) is 16.1 Å². The molecule has 0 spiro atoms. The molecule has 2 aliphatic heterocycles. The molecule has 0 radical (unpaired) electrons. The summed E-state index contributed by atoms with van der Waals surface area (Å²) >= 11 is 0. The van der Waals surface area contributed by atoms with Gasteiger partial charge in [0.1, 0.15) is 0 Å². The number of likely N-dealkylation sites (tertiary alicyclic amines) is 2. The molecule has 0 aliphatic carbocycles. The molecule has 7 heteroatoms. The van der Waals surface area contributed by atoms with E-state index in [2.05, 4.69) is 25.4 Å². The summed E-state index contributed by atoms with van der Waals surface area (Å²) in [5.74, 6) is 0.338. The van der Waals surface area contributed by atoms with Crippen LogP contribution in [0.3, 0.4) is 0 Å².